The molecule has 18 heavy (non-hydrogen) atoms. The predicted octanol–water partition coefficient (Wildman–Crippen LogP) is 1.89. The first-order valence-electron chi connectivity index (χ1n) is 6.14. The van der Waals surface area contributed by atoms with Crippen LogP contribution >= 0.6 is 11.3 Å². The van der Waals surface area contributed by atoms with E-state index >= 15 is 0 Å². The van der Waals surface area contributed by atoms with Crippen molar-refractivity contribution < 1.29 is 4.79 Å². The third-order valence-electron chi connectivity index (χ3n) is 3.38. The SMILES string of the molecule is O=C(NCc1cccs1)C1CCc2nc[nH]c2C1. The summed E-state index contributed by atoms with van der Waals surface area (Å²) in [5.41, 5.74) is 2.25. The summed E-state index contributed by atoms with van der Waals surface area (Å²) in [6, 6.07) is 4.04. The number of nitrogens with one attached hydrogen (secondary N) is 2. The van der Waals surface area contributed by atoms with Crippen LogP contribution in [0.15, 0.2) is 23.8 Å². The number of carbonyl (C=O) groups is 1. The van der Waals surface area contributed by atoms with Gasteiger partial charge in [-0.05, 0) is 24.3 Å². The molecule has 0 aromatic carbocycles. The Morgan fingerprint density at radius 1 is 1.61 bits per heavy atom. The zero-order valence-corrected chi connectivity index (χ0v) is 10.8. The van der Waals surface area contributed by atoms with Crippen LogP contribution in [0.3, 0.4) is 0 Å². The summed E-state index contributed by atoms with van der Waals surface area (Å²) in [5.74, 6) is 0.238. The normalized spacial score (nSPS) is 18.3. The number of aryl methyl sites for hydroxylation is 1. The first-order chi connectivity index (χ1) is 8.83. The van der Waals surface area contributed by atoms with E-state index in [0.717, 1.165) is 30.7 Å². The number of carbonyl (C=O) groups excluding carboxylic acids is 1. The molecule has 0 bridgehead atoms. The lowest BCUT2D eigenvalue weighted by molar-refractivity contribution is -0.125. The van der Waals surface area contributed by atoms with Crippen LogP contribution in [0.25, 0.3) is 0 Å². The Bertz CT molecular complexity index is 532. The maximum absolute atomic E-state index is 12.1. The first kappa shape index (κ1) is 11.5. The highest BCUT2D eigenvalue weighted by atomic mass is 32.1. The molecule has 1 aliphatic rings. The second-order valence-corrected chi connectivity index (χ2v) is 5.60. The third-order valence-corrected chi connectivity index (χ3v) is 4.25. The minimum atomic E-state index is 0.0814. The van der Waals surface area contributed by atoms with Crippen molar-refractivity contribution in [2.75, 3.05) is 0 Å². The number of nitrogens with zero attached hydrogens (tertiary/aromatic N) is 1. The number of hydrogen-bond acceptors (Lipinski definition) is 3. The molecule has 5 heteroatoms. The molecule has 3 rings (SSSR count). The van der Waals surface area contributed by atoms with Gasteiger partial charge in [-0.3, -0.25) is 4.79 Å². The van der Waals surface area contributed by atoms with Gasteiger partial charge in [0.15, 0.2) is 0 Å². The molecule has 94 valence electrons. The van der Waals surface area contributed by atoms with E-state index in [0.29, 0.717) is 6.54 Å². The predicted molar refractivity (Wildman–Crippen MR) is 70.3 cm³/mol. The van der Waals surface area contributed by atoms with E-state index in [1.165, 1.54) is 4.88 Å². The van der Waals surface area contributed by atoms with Crippen molar-refractivity contribution in [1.29, 1.82) is 0 Å². The van der Waals surface area contributed by atoms with Crippen LogP contribution in [0.2, 0.25) is 0 Å². The van der Waals surface area contributed by atoms with Gasteiger partial charge in [-0.15, -0.1) is 11.3 Å². The number of H-pyrrole nitrogens is 1. The molecule has 2 aromatic heterocycles. The maximum atomic E-state index is 12.1. The summed E-state index contributed by atoms with van der Waals surface area (Å²) >= 11 is 1.67. The minimum absolute atomic E-state index is 0.0814. The van der Waals surface area contributed by atoms with Crippen molar-refractivity contribution in [2.45, 2.75) is 25.8 Å². The molecule has 2 heterocycles. The largest absolute Gasteiger partial charge is 0.351 e. The number of rotatable bonds is 3. The molecule has 0 saturated carbocycles. The maximum Gasteiger partial charge on any atom is 0.223 e. The molecule has 0 saturated heterocycles. The molecule has 0 spiro atoms. The highest BCUT2D eigenvalue weighted by Gasteiger charge is 2.25. The number of fused-ring (bicyclic) bond motifs is 1. The molecule has 1 amide bonds. The fourth-order valence-corrected chi connectivity index (χ4v) is 3.00. The number of aromatic amines is 1. The Labute approximate surface area is 109 Å². The molecule has 1 atom stereocenters. The Morgan fingerprint density at radius 3 is 3.39 bits per heavy atom. The van der Waals surface area contributed by atoms with Gasteiger partial charge in [-0.1, -0.05) is 6.07 Å². The van der Waals surface area contributed by atoms with Gasteiger partial charge in [0.25, 0.3) is 0 Å². The first-order valence-corrected chi connectivity index (χ1v) is 7.02. The number of aromatic nitrogens is 2. The van der Waals surface area contributed by atoms with Crippen molar-refractivity contribution in [1.82, 2.24) is 15.3 Å². The summed E-state index contributed by atoms with van der Waals surface area (Å²) in [6.07, 6.45) is 4.30. The third kappa shape index (κ3) is 2.31. The van der Waals surface area contributed by atoms with Crippen molar-refractivity contribution in [3.63, 3.8) is 0 Å². The lowest BCUT2D eigenvalue weighted by Gasteiger charge is -2.20. The van der Waals surface area contributed by atoms with Gasteiger partial charge in [0.2, 0.25) is 5.91 Å². The molecule has 1 aliphatic carbocycles. The monoisotopic (exact) mass is 261 g/mol. The lowest BCUT2D eigenvalue weighted by Crippen LogP contribution is -2.33. The van der Waals surface area contributed by atoms with Gasteiger partial charge in [0.05, 0.1) is 18.6 Å². The second-order valence-electron chi connectivity index (χ2n) is 4.56. The molecule has 0 fully saturated rings. The summed E-state index contributed by atoms with van der Waals surface area (Å²) in [7, 11) is 0. The van der Waals surface area contributed by atoms with E-state index in [1.807, 2.05) is 17.5 Å². The number of amides is 1. The number of hydrogen-bond donors (Lipinski definition) is 2. The van der Waals surface area contributed by atoms with E-state index in [-0.39, 0.29) is 11.8 Å². The number of thiophene rings is 1. The average Bonchev–Trinajstić information content (AvgIpc) is 3.05. The van der Waals surface area contributed by atoms with E-state index in [2.05, 4.69) is 15.3 Å². The average molecular weight is 261 g/mol. The molecule has 0 aliphatic heterocycles. The van der Waals surface area contributed by atoms with Crippen molar-refractivity contribution >= 4 is 17.2 Å². The molecule has 2 N–H and O–H groups in total. The molecular formula is C13H15N3OS. The van der Waals surface area contributed by atoms with E-state index in [9.17, 15) is 4.79 Å². The second kappa shape index (κ2) is 4.94. The highest BCUT2D eigenvalue weighted by molar-refractivity contribution is 7.09. The van der Waals surface area contributed by atoms with Crippen molar-refractivity contribution in [2.24, 2.45) is 5.92 Å². The molecule has 2 aromatic rings. The number of imidazole rings is 1. The molecular weight excluding hydrogens is 246 g/mol. The Balaban J connectivity index is 1.57. The van der Waals surface area contributed by atoms with E-state index < -0.39 is 0 Å². The summed E-state index contributed by atoms with van der Waals surface area (Å²) in [5, 5.41) is 5.04. The van der Waals surface area contributed by atoms with Gasteiger partial charge >= 0.3 is 0 Å². The fraction of sp³-hybridized carbons (Fsp3) is 0.385. The van der Waals surface area contributed by atoms with Crippen LogP contribution in [-0.4, -0.2) is 15.9 Å². The van der Waals surface area contributed by atoms with Crippen molar-refractivity contribution in [3.05, 3.63) is 40.1 Å². The van der Waals surface area contributed by atoms with E-state index in [4.69, 9.17) is 0 Å². The minimum Gasteiger partial charge on any atom is -0.351 e. The molecule has 1 unspecified atom stereocenters. The zero-order chi connectivity index (χ0) is 12.4. The lowest BCUT2D eigenvalue weighted by atomic mass is 9.89. The van der Waals surface area contributed by atoms with Crippen LogP contribution in [0, 0.1) is 5.92 Å². The zero-order valence-electron chi connectivity index (χ0n) is 9.98. The van der Waals surface area contributed by atoms with Gasteiger partial charge in [-0.2, -0.15) is 0 Å². The smallest absolute Gasteiger partial charge is 0.223 e. The van der Waals surface area contributed by atoms with Gasteiger partial charge in [0.1, 0.15) is 0 Å². The van der Waals surface area contributed by atoms with E-state index in [1.54, 1.807) is 17.7 Å². The van der Waals surface area contributed by atoms with Gasteiger partial charge < -0.3 is 10.3 Å². The molecule has 0 radical (unpaired) electrons. The summed E-state index contributed by atoms with van der Waals surface area (Å²) in [4.78, 5) is 20.7. The Hall–Kier alpha value is -1.62. The highest BCUT2D eigenvalue weighted by Crippen LogP contribution is 2.23. The standard InChI is InChI=1S/C13H15N3OS/c17-13(14-7-10-2-1-5-18-10)9-3-4-11-12(6-9)16-8-15-11/h1-2,5,8-9H,3-4,6-7H2,(H,14,17)(H,15,16). The molecule has 4 nitrogen and oxygen atoms in total. The van der Waals surface area contributed by atoms with Crippen LogP contribution < -0.4 is 5.32 Å². The quantitative estimate of drug-likeness (QED) is 0.886. The van der Waals surface area contributed by atoms with Crippen LogP contribution in [0.5, 0.6) is 0 Å². The van der Waals surface area contributed by atoms with Crippen LogP contribution in [0.1, 0.15) is 22.7 Å². The van der Waals surface area contributed by atoms with Crippen LogP contribution in [0.4, 0.5) is 0 Å². The van der Waals surface area contributed by atoms with Crippen LogP contribution in [-0.2, 0) is 24.2 Å². The van der Waals surface area contributed by atoms with Gasteiger partial charge in [0, 0.05) is 22.9 Å². The summed E-state index contributed by atoms with van der Waals surface area (Å²) in [6.45, 7) is 0.642. The van der Waals surface area contributed by atoms with Gasteiger partial charge in [-0.25, -0.2) is 4.98 Å². The Kier molecular flexibility index (Phi) is 3.15. The topological polar surface area (TPSA) is 57.8 Å². The summed E-state index contributed by atoms with van der Waals surface area (Å²) < 4.78 is 0. The Morgan fingerprint density at radius 2 is 2.56 bits per heavy atom. The van der Waals surface area contributed by atoms with Crippen molar-refractivity contribution in [3.8, 4) is 0 Å². The fourth-order valence-electron chi connectivity index (χ4n) is 2.36.